The molecule has 0 bridgehead atoms. The summed E-state index contributed by atoms with van der Waals surface area (Å²) in [6, 6.07) is 1.03. The van der Waals surface area contributed by atoms with Gasteiger partial charge in [-0.3, -0.25) is 0 Å². The van der Waals surface area contributed by atoms with E-state index in [1.807, 2.05) is 0 Å². The topological polar surface area (TPSA) is 32.3 Å². The zero-order chi connectivity index (χ0) is 5.28. The SMILES string of the molecule is C[C@@H]1C[C@H](CO)N1.Cl. The first-order valence-electron chi connectivity index (χ1n) is 2.70. The molecule has 3 heteroatoms. The highest BCUT2D eigenvalue weighted by Gasteiger charge is 2.22. The second-order valence-corrected chi connectivity index (χ2v) is 2.18. The molecule has 0 aliphatic carbocycles. The van der Waals surface area contributed by atoms with E-state index in [-0.39, 0.29) is 12.4 Å². The van der Waals surface area contributed by atoms with Crippen LogP contribution in [0, 0.1) is 0 Å². The lowest BCUT2D eigenvalue weighted by atomic mass is 10.00. The third-order valence-electron chi connectivity index (χ3n) is 1.38. The molecule has 8 heavy (non-hydrogen) atoms. The summed E-state index contributed by atoms with van der Waals surface area (Å²) in [4.78, 5) is 0. The molecular formula is C5H12ClNO. The number of halogens is 1. The Hall–Kier alpha value is 0.210. The zero-order valence-electron chi connectivity index (χ0n) is 4.92. The van der Waals surface area contributed by atoms with Crippen molar-refractivity contribution in [3.63, 3.8) is 0 Å². The summed E-state index contributed by atoms with van der Waals surface area (Å²) in [5.41, 5.74) is 0. The lowest BCUT2D eigenvalue weighted by molar-refractivity contribution is 0.166. The van der Waals surface area contributed by atoms with Crippen molar-refractivity contribution in [2.75, 3.05) is 6.61 Å². The Bertz CT molecular complexity index is 63.4. The Kier molecular flexibility index (Phi) is 3.36. The Morgan fingerprint density at radius 3 is 2.38 bits per heavy atom. The van der Waals surface area contributed by atoms with Crippen molar-refractivity contribution in [1.82, 2.24) is 5.32 Å². The van der Waals surface area contributed by atoms with Crippen LogP contribution in [-0.4, -0.2) is 23.8 Å². The third-order valence-corrected chi connectivity index (χ3v) is 1.38. The van der Waals surface area contributed by atoms with E-state index in [0.29, 0.717) is 18.7 Å². The molecule has 2 N–H and O–H groups in total. The second-order valence-electron chi connectivity index (χ2n) is 2.18. The summed E-state index contributed by atoms with van der Waals surface area (Å²) >= 11 is 0. The average Bonchev–Trinajstić information content (AvgIpc) is 1.58. The van der Waals surface area contributed by atoms with Crippen molar-refractivity contribution in [3.05, 3.63) is 0 Å². The molecule has 0 aromatic heterocycles. The van der Waals surface area contributed by atoms with Crippen molar-refractivity contribution in [1.29, 1.82) is 0 Å². The minimum atomic E-state index is 0. The van der Waals surface area contributed by atoms with Gasteiger partial charge in [-0.25, -0.2) is 0 Å². The molecule has 0 aromatic carbocycles. The molecule has 1 fully saturated rings. The largest absolute Gasteiger partial charge is 0.395 e. The summed E-state index contributed by atoms with van der Waals surface area (Å²) in [6.07, 6.45) is 1.14. The first-order chi connectivity index (χ1) is 3.33. The van der Waals surface area contributed by atoms with Crippen LogP contribution in [0.4, 0.5) is 0 Å². The average molecular weight is 138 g/mol. The number of aliphatic hydroxyl groups is 1. The molecule has 0 amide bonds. The van der Waals surface area contributed by atoms with Crippen LogP contribution in [-0.2, 0) is 0 Å². The highest BCUT2D eigenvalue weighted by atomic mass is 35.5. The van der Waals surface area contributed by atoms with Crippen molar-refractivity contribution in [2.45, 2.75) is 25.4 Å². The molecule has 1 heterocycles. The normalized spacial score (nSPS) is 35.2. The second kappa shape index (κ2) is 3.28. The maximum Gasteiger partial charge on any atom is 0.0585 e. The molecule has 1 aliphatic heterocycles. The van der Waals surface area contributed by atoms with E-state index in [9.17, 15) is 0 Å². The number of rotatable bonds is 1. The van der Waals surface area contributed by atoms with Gasteiger partial charge in [0, 0.05) is 12.1 Å². The Labute approximate surface area is 55.7 Å². The molecule has 0 radical (unpaired) electrons. The van der Waals surface area contributed by atoms with E-state index < -0.39 is 0 Å². The van der Waals surface area contributed by atoms with E-state index in [0.717, 1.165) is 6.42 Å². The first kappa shape index (κ1) is 8.21. The minimum absolute atomic E-state index is 0. The first-order valence-corrected chi connectivity index (χ1v) is 2.70. The molecule has 2 nitrogen and oxygen atoms in total. The van der Waals surface area contributed by atoms with E-state index in [2.05, 4.69) is 12.2 Å². The molecule has 0 saturated carbocycles. The minimum Gasteiger partial charge on any atom is -0.395 e. The van der Waals surface area contributed by atoms with Crippen LogP contribution < -0.4 is 5.32 Å². The van der Waals surface area contributed by atoms with Gasteiger partial charge >= 0.3 is 0 Å². The van der Waals surface area contributed by atoms with E-state index in [1.54, 1.807) is 0 Å². The van der Waals surface area contributed by atoms with Crippen LogP contribution in [0.15, 0.2) is 0 Å². The van der Waals surface area contributed by atoms with Crippen molar-refractivity contribution >= 4 is 12.4 Å². The molecule has 0 spiro atoms. The molecule has 1 saturated heterocycles. The third kappa shape index (κ3) is 1.62. The molecule has 50 valence electrons. The number of hydrogen-bond acceptors (Lipinski definition) is 2. The van der Waals surface area contributed by atoms with Crippen molar-refractivity contribution < 1.29 is 5.11 Å². The molecule has 0 aromatic rings. The van der Waals surface area contributed by atoms with E-state index >= 15 is 0 Å². The van der Waals surface area contributed by atoms with Crippen LogP contribution in [0.3, 0.4) is 0 Å². The quantitative estimate of drug-likeness (QED) is 0.540. The number of aliphatic hydroxyl groups excluding tert-OH is 1. The zero-order valence-corrected chi connectivity index (χ0v) is 5.74. The van der Waals surface area contributed by atoms with Gasteiger partial charge in [-0.1, -0.05) is 0 Å². The van der Waals surface area contributed by atoms with Crippen molar-refractivity contribution in [3.8, 4) is 0 Å². The monoisotopic (exact) mass is 137 g/mol. The van der Waals surface area contributed by atoms with E-state index in [4.69, 9.17) is 5.11 Å². The van der Waals surface area contributed by atoms with Crippen LogP contribution in [0.25, 0.3) is 0 Å². The lowest BCUT2D eigenvalue weighted by Crippen LogP contribution is -2.52. The fraction of sp³-hybridized carbons (Fsp3) is 1.00. The van der Waals surface area contributed by atoms with Crippen LogP contribution in [0.2, 0.25) is 0 Å². The van der Waals surface area contributed by atoms with Gasteiger partial charge in [0.05, 0.1) is 6.61 Å². The van der Waals surface area contributed by atoms with Gasteiger partial charge in [0.25, 0.3) is 0 Å². The fourth-order valence-electron chi connectivity index (χ4n) is 0.932. The predicted octanol–water partition coefficient (Wildman–Crippen LogP) is 0.151. The summed E-state index contributed by atoms with van der Waals surface area (Å²) in [7, 11) is 0. The summed E-state index contributed by atoms with van der Waals surface area (Å²) in [5, 5.41) is 11.6. The summed E-state index contributed by atoms with van der Waals surface area (Å²) in [5.74, 6) is 0. The highest BCUT2D eigenvalue weighted by molar-refractivity contribution is 5.85. The lowest BCUT2D eigenvalue weighted by Gasteiger charge is -2.33. The van der Waals surface area contributed by atoms with Gasteiger partial charge in [0.1, 0.15) is 0 Å². The maximum atomic E-state index is 8.44. The Morgan fingerprint density at radius 2 is 2.25 bits per heavy atom. The van der Waals surface area contributed by atoms with Crippen molar-refractivity contribution in [2.24, 2.45) is 0 Å². The molecule has 1 rings (SSSR count). The highest BCUT2D eigenvalue weighted by Crippen LogP contribution is 2.08. The fourth-order valence-corrected chi connectivity index (χ4v) is 0.932. The Morgan fingerprint density at radius 1 is 1.75 bits per heavy atom. The van der Waals surface area contributed by atoms with Gasteiger partial charge in [-0.2, -0.15) is 0 Å². The van der Waals surface area contributed by atoms with E-state index in [1.165, 1.54) is 0 Å². The van der Waals surface area contributed by atoms with Gasteiger partial charge in [0.2, 0.25) is 0 Å². The van der Waals surface area contributed by atoms with Gasteiger partial charge in [-0.15, -0.1) is 12.4 Å². The molecule has 1 aliphatic rings. The molecule has 0 unspecified atom stereocenters. The standard InChI is InChI=1S/C5H11NO.ClH/c1-4-2-5(3-7)6-4;/h4-7H,2-3H2,1H3;1H/t4-,5-;/m1./s1. The Balaban J connectivity index is 0.000000490. The smallest absolute Gasteiger partial charge is 0.0585 e. The predicted molar refractivity (Wildman–Crippen MR) is 35.3 cm³/mol. The molecular weight excluding hydrogens is 126 g/mol. The number of nitrogens with one attached hydrogen (secondary N) is 1. The number of hydrogen-bond donors (Lipinski definition) is 2. The maximum absolute atomic E-state index is 8.44. The van der Waals surface area contributed by atoms with Crippen LogP contribution in [0.1, 0.15) is 13.3 Å². The molecule has 2 atom stereocenters. The van der Waals surface area contributed by atoms with Crippen LogP contribution in [0.5, 0.6) is 0 Å². The summed E-state index contributed by atoms with van der Waals surface area (Å²) in [6.45, 7) is 2.41. The van der Waals surface area contributed by atoms with Crippen LogP contribution >= 0.6 is 12.4 Å². The van der Waals surface area contributed by atoms with Gasteiger partial charge in [-0.05, 0) is 13.3 Å². The van der Waals surface area contributed by atoms with Gasteiger partial charge in [0.15, 0.2) is 0 Å². The summed E-state index contributed by atoms with van der Waals surface area (Å²) < 4.78 is 0. The van der Waals surface area contributed by atoms with Gasteiger partial charge < -0.3 is 10.4 Å².